The summed E-state index contributed by atoms with van der Waals surface area (Å²) in [5, 5.41) is 0. The van der Waals surface area contributed by atoms with Crippen LogP contribution in [0.2, 0.25) is 0 Å². The highest BCUT2D eigenvalue weighted by molar-refractivity contribution is 6.02. The Morgan fingerprint density at radius 3 is 2.26 bits per heavy atom. The summed E-state index contributed by atoms with van der Waals surface area (Å²) >= 11 is 0. The fourth-order valence-electron chi connectivity index (χ4n) is 5.00. The molecule has 0 saturated heterocycles. The molecule has 1 aliphatic rings. The molecule has 0 heterocycles. The Kier molecular flexibility index (Phi) is 10.6. The van der Waals surface area contributed by atoms with Gasteiger partial charge in [0, 0.05) is 17.3 Å². The van der Waals surface area contributed by atoms with E-state index in [4.69, 9.17) is 9.98 Å². The topological polar surface area (TPSA) is 24.7 Å². The number of nitrogens with zero attached hydrogens (tertiary/aromatic N) is 2. The molecule has 3 aromatic rings. The minimum absolute atomic E-state index is 0.236. The lowest BCUT2D eigenvalue weighted by molar-refractivity contribution is 0.539. The van der Waals surface area contributed by atoms with Crippen LogP contribution in [0.1, 0.15) is 50.7 Å². The van der Waals surface area contributed by atoms with E-state index in [1.165, 1.54) is 16.7 Å². The third-order valence-corrected chi connectivity index (χ3v) is 7.08. The molecule has 2 heteroatoms. The Balaban J connectivity index is 1.63. The largest absolute Gasteiger partial charge is 0.253 e. The van der Waals surface area contributed by atoms with E-state index in [0.717, 1.165) is 48.5 Å². The van der Waals surface area contributed by atoms with Gasteiger partial charge >= 0.3 is 0 Å². The summed E-state index contributed by atoms with van der Waals surface area (Å²) in [6, 6.07) is 29.4. The van der Waals surface area contributed by atoms with Gasteiger partial charge in [-0.3, -0.25) is 9.98 Å². The van der Waals surface area contributed by atoms with Gasteiger partial charge in [-0.25, -0.2) is 0 Å². The molecular formula is C37H40N2. The number of hydrogen-bond acceptors (Lipinski definition) is 2. The van der Waals surface area contributed by atoms with Gasteiger partial charge in [0.1, 0.15) is 0 Å². The van der Waals surface area contributed by atoms with Gasteiger partial charge in [-0.2, -0.15) is 0 Å². The molecule has 0 amide bonds. The molecule has 4 rings (SSSR count). The van der Waals surface area contributed by atoms with Crippen molar-refractivity contribution in [1.29, 1.82) is 0 Å². The average Bonchev–Trinajstić information content (AvgIpc) is 2.98. The molecular weight excluding hydrogens is 472 g/mol. The molecule has 2 atom stereocenters. The van der Waals surface area contributed by atoms with E-state index in [9.17, 15) is 0 Å². The van der Waals surface area contributed by atoms with Gasteiger partial charge in [0.2, 0.25) is 0 Å². The van der Waals surface area contributed by atoms with Crippen LogP contribution < -0.4 is 0 Å². The molecule has 1 aliphatic carbocycles. The minimum Gasteiger partial charge on any atom is -0.253 e. The lowest BCUT2D eigenvalue weighted by atomic mass is 9.79. The summed E-state index contributed by atoms with van der Waals surface area (Å²) in [7, 11) is 0. The summed E-state index contributed by atoms with van der Waals surface area (Å²) < 4.78 is 0. The summed E-state index contributed by atoms with van der Waals surface area (Å²) in [6.45, 7) is 6.44. The van der Waals surface area contributed by atoms with Crippen LogP contribution >= 0.6 is 0 Å². The van der Waals surface area contributed by atoms with Crippen molar-refractivity contribution in [1.82, 2.24) is 0 Å². The van der Waals surface area contributed by atoms with Gasteiger partial charge in [-0.1, -0.05) is 122 Å². The highest BCUT2D eigenvalue weighted by atomic mass is 14.8. The summed E-state index contributed by atoms with van der Waals surface area (Å²) in [6.07, 6.45) is 19.4. The predicted octanol–water partition coefficient (Wildman–Crippen LogP) is 10.3. The molecule has 0 radical (unpaired) electrons. The van der Waals surface area contributed by atoms with Gasteiger partial charge in [-0.05, 0) is 74.9 Å². The minimum atomic E-state index is 0.236. The number of allylic oxidation sites excluding steroid dienone is 8. The zero-order chi connectivity index (χ0) is 27.3. The second kappa shape index (κ2) is 14.8. The van der Waals surface area contributed by atoms with Crippen molar-refractivity contribution in [3.63, 3.8) is 0 Å². The predicted molar refractivity (Wildman–Crippen MR) is 170 cm³/mol. The van der Waals surface area contributed by atoms with E-state index < -0.39 is 0 Å². The molecule has 2 nitrogen and oxygen atoms in total. The smallest absolute Gasteiger partial charge is 0.0633 e. The van der Waals surface area contributed by atoms with E-state index in [2.05, 4.69) is 123 Å². The lowest BCUT2D eigenvalue weighted by Gasteiger charge is -2.26. The molecule has 2 unspecified atom stereocenters. The van der Waals surface area contributed by atoms with Gasteiger partial charge in [0.15, 0.2) is 0 Å². The highest BCUT2D eigenvalue weighted by Gasteiger charge is 2.23. The maximum atomic E-state index is 5.18. The third kappa shape index (κ3) is 8.48. The zero-order valence-corrected chi connectivity index (χ0v) is 23.5. The Morgan fingerprint density at radius 2 is 1.56 bits per heavy atom. The SMILES string of the molecule is C/C=C\C=C/C(=Nc1ccccc1)C1C=CC=C(C(CCC)CC(=Nc2ccc(C)cc2)c2ccccc2)C1. The molecule has 0 N–H and O–H groups in total. The quantitative estimate of drug-likeness (QED) is 0.180. The molecule has 0 saturated carbocycles. The summed E-state index contributed by atoms with van der Waals surface area (Å²) in [4.78, 5) is 10.2. The molecule has 0 aromatic heterocycles. The Bertz CT molecular complexity index is 1350. The van der Waals surface area contributed by atoms with Crippen LogP contribution in [0, 0.1) is 18.8 Å². The van der Waals surface area contributed by atoms with Crippen molar-refractivity contribution >= 4 is 22.8 Å². The van der Waals surface area contributed by atoms with Gasteiger partial charge in [0.05, 0.1) is 11.4 Å². The first-order chi connectivity index (χ1) is 19.2. The maximum absolute atomic E-state index is 5.18. The van der Waals surface area contributed by atoms with Crippen LogP contribution in [-0.4, -0.2) is 11.4 Å². The first-order valence-electron chi connectivity index (χ1n) is 14.2. The number of para-hydroxylation sites is 1. The van der Waals surface area contributed by atoms with Crippen LogP contribution in [0.25, 0.3) is 0 Å². The Hall–Kier alpha value is -4.04. The van der Waals surface area contributed by atoms with E-state index in [1.807, 2.05) is 25.1 Å². The number of aliphatic imine (C=N–C) groups is 2. The highest BCUT2D eigenvalue weighted by Crippen LogP contribution is 2.33. The average molecular weight is 513 g/mol. The standard InChI is InChI=1S/C37H40N2/c1-4-6-9-22-36(38-34-20-12-8-13-21-34)33-19-14-18-32(27-33)31(15-5-2)28-37(30-16-10-7-11-17-30)39-35-25-23-29(3)24-26-35/h4,6-14,16-26,31,33H,5,15,27-28H2,1-3H3/b6-4-,22-9-,38-36?,39-37?. The van der Waals surface area contributed by atoms with Crippen molar-refractivity contribution in [3.05, 3.63) is 144 Å². The van der Waals surface area contributed by atoms with E-state index in [0.29, 0.717) is 5.92 Å². The third-order valence-electron chi connectivity index (χ3n) is 7.08. The van der Waals surface area contributed by atoms with Crippen LogP contribution in [0.3, 0.4) is 0 Å². The fourth-order valence-corrected chi connectivity index (χ4v) is 5.00. The molecule has 0 spiro atoms. The van der Waals surface area contributed by atoms with E-state index in [1.54, 1.807) is 0 Å². The van der Waals surface area contributed by atoms with Crippen molar-refractivity contribution in [2.45, 2.75) is 46.5 Å². The summed E-state index contributed by atoms with van der Waals surface area (Å²) in [5.74, 6) is 0.657. The van der Waals surface area contributed by atoms with Crippen LogP contribution in [-0.2, 0) is 0 Å². The molecule has 0 bridgehead atoms. The van der Waals surface area contributed by atoms with Crippen molar-refractivity contribution in [3.8, 4) is 0 Å². The van der Waals surface area contributed by atoms with Crippen LogP contribution in [0.15, 0.2) is 143 Å². The molecule has 0 aliphatic heterocycles. The fraction of sp³-hybridized carbons (Fsp3) is 0.243. The molecule has 39 heavy (non-hydrogen) atoms. The van der Waals surface area contributed by atoms with E-state index in [-0.39, 0.29) is 5.92 Å². The van der Waals surface area contributed by atoms with Crippen molar-refractivity contribution < 1.29 is 0 Å². The maximum Gasteiger partial charge on any atom is 0.0633 e. The first kappa shape index (κ1) is 28.0. The number of aryl methyl sites for hydroxylation is 1. The number of hydrogen-bond donors (Lipinski definition) is 0. The van der Waals surface area contributed by atoms with Crippen LogP contribution in [0.5, 0.6) is 0 Å². The van der Waals surface area contributed by atoms with Crippen molar-refractivity contribution in [2.75, 3.05) is 0 Å². The zero-order valence-electron chi connectivity index (χ0n) is 23.5. The number of rotatable bonds is 11. The molecule has 0 fully saturated rings. The Labute approximate surface area is 235 Å². The normalized spacial score (nSPS) is 17.1. The first-order valence-corrected chi connectivity index (χ1v) is 14.2. The van der Waals surface area contributed by atoms with Crippen molar-refractivity contribution in [2.24, 2.45) is 21.8 Å². The van der Waals surface area contributed by atoms with E-state index >= 15 is 0 Å². The molecule has 198 valence electrons. The number of benzene rings is 3. The van der Waals surface area contributed by atoms with Crippen LogP contribution in [0.4, 0.5) is 11.4 Å². The summed E-state index contributed by atoms with van der Waals surface area (Å²) in [5.41, 5.74) is 8.17. The second-order valence-electron chi connectivity index (χ2n) is 10.1. The van der Waals surface area contributed by atoms with Gasteiger partial charge in [-0.15, -0.1) is 0 Å². The van der Waals surface area contributed by atoms with Gasteiger partial charge in [0.25, 0.3) is 0 Å². The van der Waals surface area contributed by atoms with Gasteiger partial charge < -0.3 is 0 Å². The Morgan fingerprint density at radius 1 is 0.872 bits per heavy atom. The molecule has 3 aromatic carbocycles. The second-order valence-corrected chi connectivity index (χ2v) is 10.1. The lowest BCUT2D eigenvalue weighted by Crippen LogP contribution is -2.19. The monoisotopic (exact) mass is 512 g/mol.